The molecule has 132 valence electrons. The standard InChI is InChI=1S/C20H19ClN4O/c21-17-3-1-2-16(8-17)18-9-19(18)20(26)23-10-14-4-6-15(7-5-14)11-25-13-22-12-24-25/h1-8,12-13,18-19H,9-11H2,(H,23,26)/t18-,19-/m1/s1. The first-order valence-corrected chi connectivity index (χ1v) is 9.00. The summed E-state index contributed by atoms with van der Waals surface area (Å²) in [7, 11) is 0. The Hall–Kier alpha value is -2.66. The second kappa shape index (κ2) is 7.30. The van der Waals surface area contributed by atoms with E-state index < -0.39 is 0 Å². The van der Waals surface area contributed by atoms with Crippen LogP contribution in [-0.4, -0.2) is 20.7 Å². The Bertz CT molecular complexity index is 892. The van der Waals surface area contributed by atoms with E-state index in [1.165, 1.54) is 6.33 Å². The van der Waals surface area contributed by atoms with Gasteiger partial charge in [0.25, 0.3) is 0 Å². The molecule has 3 aromatic rings. The first-order chi connectivity index (χ1) is 12.7. The van der Waals surface area contributed by atoms with Gasteiger partial charge in [-0.05, 0) is 41.2 Å². The van der Waals surface area contributed by atoms with Crippen LogP contribution in [0.2, 0.25) is 5.02 Å². The number of halogens is 1. The minimum absolute atomic E-state index is 0.0556. The van der Waals surface area contributed by atoms with E-state index in [1.807, 2.05) is 36.4 Å². The van der Waals surface area contributed by atoms with Gasteiger partial charge in [0, 0.05) is 17.5 Å². The minimum atomic E-state index is 0.0556. The first-order valence-electron chi connectivity index (χ1n) is 8.62. The molecule has 0 unspecified atom stereocenters. The molecule has 1 N–H and O–H groups in total. The molecule has 1 heterocycles. The Balaban J connectivity index is 1.28. The predicted molar refractivity (Wildman–Crippen MR) is 99.7 cm³/mol. The lowest BCUT2D eigenvalue weighted by molar-refractivity contribution is -0.122. The van der Waals surface area contributed by atoms with E-state index in [0.29, 0.717) is 19.0 Å². The Kier molecular flexibility index (Phi) is 4.71. The number of amides is 1. The highest BCUT2D eigenvalue weighted by molar-refractivity contribution is 6.30. The summed E-state index contributed by atoms with van der Waals surface area (Å²) in [6.07, 6.45) is 4.11. The number of carbonyl (C=O) groups is 1. The zero-order chi connectivity index (χ0) is 17.9. The lowest BCUT2D eigenvalue weighted by Gasteiger charge is -2.07. The summed E-state index contributed by atoms with van der Waals surface area (Å²) in [5, 5.41) is 7.86. The van der Waals surface area contributed by atoms with Gasteiger partial charge in [-0.2, -0.15) is 5.10 Å². The second-order valence-corrected chi connectivity index (χ2v) is 7.07. The van der Waals surface area contributed by atoms with Crippen molar-refractivity contribution in [3.8, 4) is 0 Å². The summed E-state index contributed by atoms with van der Waals surface area (Å²) in [6.45, 7) is 1.23. The Labute approximate surface area is 157 Å². The fourth-order valence-corrected chi connectivity index (χ4v) is 3.37. The SMILES string of the molecule is O=C(NCc1ccc(Cn2cncn2)cc1)[C@@H]1C[C@@H]1c1cccc(Cl)c1. The van der Waals surface area contributed by atoms with E-state index in [4.69, 9.17) is 11.6 Å². The van der Waals surface area contributed by atoms with Crippen molar-refractivity contribution < 1.29 is 4.79 Å². The molecule has 2 aromatic carbocycles. The maximum atomic E-state index is 12.4. The minimum Gasteiger partial charge on any atom is -0.352 e. The van der Waals surface area contributed by atoms with Gasteiger partial charge in [-0.15, -0.1) is 0 Å². The third kappa shape index (κ3) is 3.94. The Morgan fingerprint density at radius 1 is 1.19 bits per heavy atom. The number of hydrogen-bond donors (Lipinski definition) is 1. The number of nitrogens with one attached hydrogen (secondary N) is 1. The maximum absolute atomic E-state index is 12.4. The molecule has 1 saturated carbocycles. The highest BCUT2D eigenvalue weighted by atomic mass is 35.5. The lowest BCUT2D eigenvalue weighted by Crippen LogP contribution is -2.24. The van der Waals surface area contributed by atoms with Crippen molar-refractivity contribution in [2.24, 2.45) is 5.92 Å². The second-order valence-electron chi connectivity index (χ2n) is 6.63. The van der Waals surface area contributed by atoms with Crippen molar-refractivity contribution in [3.63, 3.8) is 0 Å². The number of carbonyl (C=O) groups excluding carboxylic acids is 1. The zero-order valence-electron chi connectivity index (χ0n) is 14.2. The maximum Gasteiger partial charge on any atom is 0.224 e. The zero-order valence-corrected chi connectivity index (χ0v) is 14.9. The number of aromatic nitrogens is 3. The van der Waals surface area contributed by atoms with Gasteiger partial charge in [-0.1, -0.05) is 48.0 Å². The Morgan fingerprint density at radius 3 is 2.73 bits per heavy atom. The molecule has 1 aliphatic carbocycles. The van der Waals surface area contributed by atoms with Gasteiger partial charge < -0.3 is 5.32 Å². The molecule has 0 aliphatic heterocycles. The van der Waals surface area contributed by atoms with Crippen molar-refractivity contribution in [2.75, 3.05) is 0 Å². The van der Waals surface area contributed by atoms with Crippen LogP contribution in [0.1, 0.15) is 29.0 Å². The molecule has 6 heteroatoms. The largest absolute Gasteiger partial charge is 0.352 e. The molecule has 1 amide bonds. The van der Waals surface area contributed by atoms with Gasteiger partial charge in [-0.25, -0.2) is 9.67 Å². The van der Waals surface area contributed by atoms with Gasteiger partial charge in [-0.3, -0.25) is 4.79 Å². The average Bonchev–Trinajstić information content (AvgIpc) is 3.30. The fraction of sp³-hybridized carbons (Fsp3) is 0.250. The van der Waals surface area contributed by atoms with Crippen molar-refractivity contribution in [1.82, 2.24) is 20.1 Å². The Morgan fingerprint density at radius 2 is 2.00 bits per heavy atom. The van der Waals surface area contributed by atoms with Crippen LogP contribution < -0.4 is 5.32 Å². The van der Waals surface area contributed by atoms with E-state index in [2.05, 4.69) is 27.5 Å². The number of hydrogen-bond acceptors (Lipinski definition) is 3. The molecular formula is C20H19ClN4O. The van der Waals surface area contributed by atoms with Gasteiger partial charge >= 0.3 is 0 Å². The molecule has 5 nitrogen and oxygen atoms in total. The third-order valence-corrected chi connectivity index (χ3v) is 4.94. The van der Waals surface area contributed by atoms with Crippen LogP contribution in [0, 0.1) is 5.92 Å². The summed E-state index contributed by atoms with van der Waals surface area (Å²) < 4.78 is 1.78. The smallest absolute Gasteiger partial charge is 0.224 e. The van der Waals surface area contributed by atoms with E-state index >= 15 is 0 Å². The van der Waals surface area contributed by atoms with Crippen LogP contribution in [0.15, 0.2) is 61.2 Å². The van der Waals surface area contributed by atoms with Crippen LogP contribution in [-0.2, 0) is 17.9 Å². The van der Waals surface area contributed by atoms with Crippen LogP contribution in [0.25, 0.3) is 0 Å². The van der Waals surface area contributed by atoms with E-state index in [0.717, 1.165) is 28.1 Å². The summed E-state index contributed by atoms with van der Waals surface area (Å²) >= 11 is 6.03. The normalized spacial score (nSPS) is 18.5. The van der Waals surface area contributed by atoms with Crippen molar-refractivity contribution >= 4 is 17.5 Å². The lowest BCUT2D eigenvalue weighted by atomic mass is 10.1. The summed E-state index contributed by atoms with van der Waals surface area (Å²) in [5.74, 6) is 0.459. The summed E-state index contributed by atoms with van der Waals surface area (Å²) in [4.78, 5) is 16.3. The summed E-state index contributed by atoms with van der Waals surface area (Å²) in [5.41, 5.74) is 3.38. The highest BCUT2D eigenvalue weighted by Crippen LogP contribution is 2.47. The topological polar surface area (TPSA) is 59.8 Å². The number of benzene rings is 2. The molecule has 1 aliphatic rings. The van der Waals surface area contributed by atoms with Gasteiger partial charge in [0.15, 0.2) is 0 Å². The quantitative estimate of drug-likeness (QED) is 0.727. The third-order valence-electron chi connectivity index (χ3n) is 4.70. The van der Waals surface area contributed by atoms with Crippen LogP contribution >= 0.6 is 11.6 Å². The predicted octanol–water partition coefficient (Wildman–Crippen LogP) is 3.40. The number of nitrogens with zero attached hydrogens (tertiary/aromatic N) is 3. The van der Waals surface area contributed by atoms with Crippen molar-refractivity contribution in [2.45, 2.75) is 25.4 Å². The molecular weight excluding hydrogens is 348 g/mol. The van der Waals surface area contributed by atoms with Crippen LogP contribution in [0.5, 0.6) is 0 Å². The fourth-order valence-electron chi connectivity index (χ4n) is 3.17. The monoisotopic (exact) mass is 366 g/mol. The van der Waals surface area contributed by atoms with E-state index in [-0.39, 0.29) is 11.8 Å². The molecule has 2 atom stereocenters. The highest BCUT2D eigenvalue weighted by Gasteiger charge is 2.43. The van der Waals surface area contributed by atoms with E-state index in [9.17, 15) is 4.79 Å². The van der Waals surface area contributed by atoms with Gasteiger partial charge in [0.2, 0.25) is 5.91 Å². The molecule has 0 bridgehead atoms. The average molecular weight is 367 g/mol. The molecule has 0 saturated heterocycles. The van der Waals surface area contributed by atoms with Gasteiger partial charge in [0.1, 0.15) is 12.7 Å². The van der Waals surface area contributed by atoms with E-state index in [1.54, 1.807) is 11.0 Å². The van der Waals surface area contributed by atoms with Crippen molar-refractivity contribution in [3.05, 3.63) is 82.9 Å². The van der Waals surface area contributed by atoms with Crippen molar-refractivity contribution in [1.29, 1.82) is 0 Å². The molecule has 0 radical (unpaired) electrons. The molecule has 0 spiro atoms. The molecule has 1 aromatic heterocycles. The number of rotatable bonds is 6. The molecule has 4 rings (SSSR count). The molecule has 26 heavy (non-hydrogen) atoms. The summed E-state index contributed by atoms with van der Waals surface area (Å²) in [6, 6.07) is 16.0. The van der Waals surface area contributed by atoms with Gasteiger partial charge in [0.05, 0.1) is 6.54 Å². The van der Waals surface area contributed by atoms with Crippen LogP contribution in [0.3, 0.4) is 0 Å². The molecule has 1 fully saturated rings. The van der Waals surface area contributed by atoms with Crippen LogP contribution in [0.4, 0.5) is 0 Å². The first kappa shape index (κ1) is 16.8.